The van der Waals surface area contributed by atoms with Crippen LogP contribution in [0, 0.1) is 0 Å². The summed E-state index contributed by atoms with van der Waals surface area (Å²) in [5.74, 6) is -1.37. The lowest BCUT2D eigenvalue weighted by atomic mass is 10.1. The molecule has 1 N–H and O–H groups in total. The van der Waals surface area contributed by atoms with Gasteiger partial charge in [0, 0.05) is 25.6 Å². The standard InChI is InChI=1S/C12H16N2O4S/c1-14(6-8-4-2-3-5-18-8)11(15)10-13-9(7-19-10)12(16)17/h7-8H,2-6H2,1H3,(H,16,17). The van der Waals surface area contributed by atoms with Crippen LogP contribution >= 0.6 is 11.3 Å². The molecule has 19 heavy (non-hydrogen) atoms. The van der Waals surface area contributed by atoms with Crippen LogP contribution in [0.1, 0.15) is 39.6 Å². The Morgan fingerprint density at radius 3 is 2.95 bits per heavy atom. The second-order valence-corrected chi connectivity index (χ2v) is 5.38. The van der Waals surface area contributed by atoms with Crippen LogP contribution in [-0.4, -0.2) is 53.2 Å². The third kappa shape index (κ3) is 3.51. The molecule has 1 atom stereocenters. The van der Waals surface area contributed by atoms with Crippen molar-refractivity contribution in [2.75, 3.05) is 20.2 Å². The van der Waals surface area contributed by atoms with Gasteiger partial charge >= 0.3 is 5.97 Å². The first-order valence-corrected chi connectivity index (χ1v) is 7.02. The Kier molecular flexibility index (Phi) is 4.49. The Morgan fingerprint density at radius 2 is 2.37 bits per heavy atom. The van der Waals surface area contributed by atoms with E-state index in [9.17, 15) is 9.59 Å². The van der Waals surface area contributed by atoms with Gasteiger partial charge in [0.2, 0.25) is 0 Å². The normalized spacial score (nSPS) is 19.1. The Morgan fingerprint density at radius 1 is 1.58 bits per heavy atom. The van der Waals surface area contributed by atoms with Crippen molar-refractivity contribution in [3.05, 3.63) is 16.1 Å². The Hall–Kier alpha value is -1.47. The quantitative estimate of drug-likeness (QED) is 0.906. The number of carbonyl (C=O) groups excluding carboxylic acids is 1. The van der Waals surface area contributed by atoms with Crippen molar-refractivity contribution < 1.29 is 19.4 Å². The van der Waals surface area contributed by atoms with Crippen molar-refractivity contribution >= 4 is 23.2 Å². The minimum Gasteiger partial charge on any atom is -0.476 e. The smallest absolute Gasteiger partial charge is 0.355 e. The van der Waals surface area contributed by atoms with Crippen LogP contribution in [-0.2, 0) is 4.74 Å². The highest BCUT2D eigenvalue weighted by molar-refractivity contribution is 7.11. The van der Waals surface area contributed by atoms with Crippen molar-refractivity contribution in [1.29, 1.82) is 0 Å². The lowest BCUT2D eigenvalue weighted by Gasteiger charge is -2.26. The number of thiazole rings is 1. The number of aromatic carboxylic acids is 1. The molecule has 6 nitrogen and oxygen atoms in total. The van der Waals surface area contributed by atoms with Gasteiger partial charge in [0.1, 0.15) is 0 Å². The number of carboxylic acid groups (broad SMARTS) is 1. The fourth-order valence-corrected chi connectivity index (χ4v) is 2.76. The number of nitrogens with zero attached hydrogens (tertiary/aromatic N) is 2. The molecule has 1 aromatic heterocycles. The van der Waals surface area contributed by atoms with Crippen molar-refractivity contribution in [3.8, 4) is 0 Å². The zero-order chi connectivity index (χ0) is 13.8. The molecule has 1 unspecified atom stereocenters. The van der Waals surface area contributed by atoms with Gasteiger partial charge in [-0.05, 0) is 19.3 Å². The van der Waals surface area contributed by atoms with Gasteiger partial charge in [-0.1, -0.05) is 0 Å². The number of carboxylic acids is 1. The molecular formula is C12H16N2O4S. The van der Waals surface area contributed by atoms with Gasteiger partial charge in [0.05, 0.1) is 6.10 Å². The third-order valence-corrected chi connectivity index (χ3v) is 3.83. The number of hydrogen-bond donors (Lipinski definition) is 1. The van der Waals surface area contributed by atoms with Gasteiger partial charge in [0.25, 0.3) is 5.91 Å². The molecule has 1 fully saturated rings. The second-order valence-electron chi connectivity index (χ2n) is 4.52. The van der Waals surface area contributed by atoms with E-state index in [0.29, 0.717) is 6.54 Å². The number of ether oxygens (including phenoxy) is 1. The molecule has 2 rings (SSSR count). The van der Waals surface area contributed by atoms with E-state index < -0.39 is 5.97 Å². The average Bonchev–Trinajstić information content (AvgIpc) is 2.88. The Bertz CT molecular complexity index is 468. The molecular weight excluding hydrogens is 268 g/mol. The predicted octanol–water partition coefficient (Wildman–Crippen LogP) is 1.48. The SMILES string of the molecule is CN(CC1CCCCO1)C(=O)c1nc(C(=O)O)cs1. The van der Waals surface area contributed by atoms with E-state index in [1.54, 1.807) is 11.9 Å². The molecule has 7 heteroatoms. The van der Waals surface area contributed by atoms with Crippen LogP contribution in [0.25, 0.3) is 0 Å². The van der Waals surface area contributed by atoms with Crippen molar-refractivity contribution in [2.45, 2.75) is 25.4 Å². The van der Waals surface area contributed by atoms with Gasteiger partial charge in [-0.3, -0.25) is 4.79 Å². The minimum atomic E-state index is -1.12. The van der Waals surface area contributed by atoms with Crippen molar-refractivity contribution in [2.24, 2.45) is 0 Å². The minimum absolute atomic E-state index is 0.0709. The van der Waals surface area contributed by atoms with Crippen molar-refractivity contribution in [1.82, 2.24) is 9.88 Å². The molecule has 104 valence electrons. The first-order valence-electron chi connectivity index (χ1n) is 6.14. The van der Waals surface area contributed by atoms with E-state index in [1.165, 1.54) is 5.38 Å². The fourth-order valence-electron chi connectivity index (χ4n) is 1.97. The van der Waals surface area contributed by atoms with E-state index in [-0.39, 0.29) is 22.7 Å². The molecule has 1 aliphatic heterocycles. The summed E-state index contributed by atoms with van der Waals surface area (Å²) in [5, 5.41) is 10.4. The first-order chi connectivity index (χ1) is 9.08. The van der Waals surface area contributed by atoms with Crippen LogP contribution < -0.4 is 0 Å². The summed E-state index contributed by atoms with van der Waals surface area (Å²) < 4.78 is 5.57. The molecule has 1 aromatic rings. The van der Waals surface area contributed by atoms with Gasteiger partial charge < -0.3 is 14.7 Å². The van der Waals surface area contributed by atoms with Gasteiger partial charge in [0.15, 0.2) is 10.7 Å². The molecule has 0 bridgehead atoms. The molecule has 2 heterocycles. The number of rotatable bonds is 4. The molecule has 1 amide bonds. The summed E-state index contributed by atoms with van der Waals surface area (Å²) >= 11 is 1.05. The second kappa shape index (κ2) is 6.12. The highest BCUT2D eigenvalue weighted by Crippen LogP contribution is 2.16. The largest absolute Gasteiger partial charge is 0.476 e. The zero-order valence-corrected chi connectivity index (χ0v) is 11.5. The van der Waals surface area contributed by atoms with Crippen molar-refractivity contribution in [3.63, 3.8) is 0 Å². The number of aromatic nitrogens is 1. The van der Waals surface area contributed by atoms with E-state index >= 15 is 0 Å². The van der Waals surface area contributed by atoms with Crippen LogP contribution in [0.5, 0.6) is 0 Å². The Labute approximate surface area is 115 Å². The fraction of sp³-hybridized carbons (Fsp3) is 0.583. The lowest BCUT2D eigenvalue weighted by Crippen LogP contribution is -2.37. The predicted molar refractivity (Wildman–Crippen MR) is 69.6 cm³/mol. The van der Waals surface area contributed by atoms with Crippen LogP contribution in [0.15, 0.2) is 5.38 Å². The maximum absolute atomic E-state index is 12.1. The number of likely N-dealkylation sites (N-methyl/N-ethyl adjacent to an activating group) is 1. The lowest BCUT2D eigenvalue weighted by molar-refractivity contribution is -0.000197. The zero-order valence-electron chi connectivity index (χ0n) is 10.7. The summed E-state index contributed by atoms with van der Waals surface area (Å²) in [7, 11) is 1.68. The molecule has 1 aliphatic rings. The molecule has 1 saturated heterocycles. The Balaban J connectivity index is 1.95. The molecule has 0 radical (unpaired) electrons. The van der Waals surface area contributed by atoms with Gasteiger partial charge in [-0.15, -0.1) is 11.3 Å². The molecule has 0 aliphatic carbocycles. The monoisotopic (exact) mass is 284 g/mol. The van der Waals surface area contributed by atoms with Crippen LogP contribution in [0.4, 0.5) is 0 Å². The van der Waals surface area contributed by atoms with E-state index in [0.717, 1.165) is 37.2 Å². The van der Waals surface area contributed by atoms with E-state index in [4.69, 9.17) is 9.84 Å². The molecule has 0 saturated carbocycles. The number of carbonyl (C=O) groups is 2. The first kappa shape index (κ1) is 14.0. The van der Waals surface area contributed by atoms with Gasteiger partial charge in [-0.25, -0.2) is 9.78 Å². The highest BCUT2D eigenvalue weighted by Gasteiger charge is 2.22. The summed E-state index contributed by atoms with van der Waals surface area (Å²) in [6.07, 6.45) is 3.22. The van der Waals surface area contributed by atoms with E-state index in [1.807, 2.05) is 0 Å². The van der Waals surface area contributed by atoms with Gasteiger partial charge in [-0.2, -0.15) is 0 Å². The summed E-state index contributed by atoms with van der Waals surface area (Å²) in [4.78, 5) is 28.2. The topological polar surface area (TPSA) is 79.7 Å². The summed E-state index contributed by atoms with van der Waals surface area (Å²) in [6.45, 7) is 1.26. The third-order valence-electron chi connectivity index (χ3n) is 3.00. The average molecular weight is 284 g/mol. The summed E-state index contributed by atoms with van der Waals surface area (Å²) in [5.41, 5.74) is -0.0873. The van der Waals surface area contributed by atoms with Crippen LogP contribution in [0.3, 0.4) is 0 Å². The highest BCUT2D eigenvalue weighted by atomic mass is 32.1. The van der Waals surface area contributed by atoms with E-state index in [2.05, 4.69) is 4.98 Å². The number of amides is 1. The molecule has 0 aromatic carbocycles. The molecule has 0 spiro atoms. The maximum Gasteiger partial charge on any atom is 0.355 e. The maximum atomic E-state index is 12.1. The number of hydrogen-bond acceptors (Lipinski definition) is 5. The van der Waals surface area contributed by atoms with Crippen LogP contribution in [0.2, 0.25) is 0 Å². The summed E-state index contributed by atoms with van der Waals surface area (Å²) in [6, 6.07) is 0.